The third kappa shape index (κ3) is 9.31. The van der Waals surface area contributed by atoms with Crippen LogP contribution in [0.25, 0.3) is 0 Å². The van der Waals surface area contributed by atoms with E-state index in [0.29, 0.717) is 17.9 Å². The Kier molecular flexibility index (Phi) is 16.0. The normalized spacial score (nSPS) is 9.96. The highest BCUT2D eigenvalue weighted by molar-refractivity contribution is 5.92. The minimum absolute atomic E-state index is 0. The molecule has 4 N–H and O–H groups in total. The molecule has 1 aromatic rings. The van der Waals surface area contributed by atoms with Crippen LogP contribution in [-0.2, 0) is 11.2 Å². The number of hydrogen-bond donors (Lipinski definition) is 2. The van der Waals surface area contributed by atoms with E-state index in [4.69, 9.17) is 9.47 Å². The van der Waals surface area contributed by atoms with Crippen molar-refractivity contribution in [1.82, 2.24) is 0 Å². The number of carbonyl (C=O) groups excluding carboxylic acids is 1. The summed E-state index contributed by atoms with van der Waals surface area (Å²) in [6, 6.07) is 5.73. The zero-order valence-electron chi connectivity index (χ0n) is 15.6. The first-order valence-corrected chi connectivity index (χ1v) is 8.63. The molecule has 0 fully saturated rings. The van der Waals surface area contributed by atoms with Gasteiger partial charge in [-0.05, 0) is 50.8 Å². The molecule has 0 amide bonds. The van der Waals surface area contributed by atoms with Crippen molar-refractivity contribution in [2.75, 3.05) is 39.9 Å². The number of esters is 1. The number of hydrogen-bond acceptors (Lipinski definition) is 3. The SMILES string of the molecule is CC[NH+](CC)CCOC(=O)c1ccc(CCCC[NH3+])cc1OC.[Cl-].[Cl-]. The van der Waals surface area contributed by atoms with Gasteiger partial charge in [-0.25, -0.2) is 4.79 Å². The standard InChI is InChI=1S/C18H30N2O3.2ClH/c1-4-20(5-2)12-13-23-18(21)16-10-9-15(8-6-7-11-19)14-17(16)22-3;;/h9-10,14H,4-8,11-13,19H2,1-3H3;2*1H. The molecule has 25 heavy (non-hydrogen) atoms. The zero-order chi connectivity index (χ0) is 17.1. The van der Waals surface area contributed by atoms with E-state index in [9.17, 15) is 4.79 Å². The molecule has 0 bridgehead atoms. The van der Waals surface area contributed by atoms with Gasteiger partial charge in [0.15, 0.2) is 0 Å². The van der Waals surface area contributed by atoms with Gasteiger partial charge in [-0.15, -0.1) is 0 Å². The number of ether oxygens (including phenoxy) is 2. The molecule has 5 nitrogen and oxygen atoms in total. The van der Waals surface area contributed by atoms with Crippen molar-refractivity contribution in [2.45, 2.75) is 33.1 Å². The fourth-order valence-corrected chi connectivity index (χ4v) is 2.54. The molecule has 0 unspecified atom stereocenters. The summed E-state index contributed by atoms with van der Waals surface area (Å²) in [5.74, 6) is 0.287. The number of unbranched alkanes of at least 4 members (excludes halogenated alkanes) is 1. The molecule has 0 spiro atoms. The van der Waals surface area contributed by atoms with Crippen molar-refractivity contribution in [2.24, 2.45) is 0 Å². The van der Waals surface area contributed by atoms with Gasteiger partial charge >= 0.3 is 5.97 Å². The average Bonchev–Trinajstić information content (AvgIpc) is 2.58. The van der Waals surface area contributed by atoms with E-state index in [-0.39, 0.29) is 30.8 Å². The maximum atomic E-state index is 12.2. The number of likely N-dealkylation sites (N-methyl/N-ethyl adjacent to an activating group) is 1. The van der Waals surface area contributed by atoms with Crippen LogP contribution in [0.2, 0.25) is 0 Å². The summed E-state index contributed by atoms with van der Waals surface area (Å²) in [7, 11) is 1.59. The lowest BCUT2D eigenvalue weighted by atomic mass is 10.0. The van der Waals surface area contributed by atoms with Crippen LogP contribution in [0.4, 0.5) is 0 Å². The second kappa shape index (κ2) is 15.3. The molecule has 0 heterocycles. The summed E-state index contributed by atoms with van der Waals surface area (Å²) in [6.07, 6.45) is 3.19. The van der Waals surface area contributed by atoms with Crippen molar-refractivity contribution >= 4 is 5.97 Å². The zero-order valence-corrected chi connectivity index (χ0v) is 17.1. The lowest BCUT2D eigenvalue weighted by molar-refractivity contribution is -0.896. The summed E-state index contributed by atoms with van der Waals surface area (Å²) in [5.41, 5.74) is 5.54. The number of halogens is 2. The van der Waals surface area contributed by atoms with E-state index < -0.39 is 0 Å². The predicted octanol–water partition coefficient (Wildman–Crippen LogP) is -5.65. The first-order chi connectivity index (χ1) is 11.2. The Bertz CT molecular complexity index is 483. The summed E-state index contributed by atoms with van der Waals surface area (Å²) in [6.45, 7) is 8.58. The monoisotopic (exact) mass is 394 g/mol. The molecule has 7 heteroatoms. The molecule has 0 aromatic heterocycles. The second-order valence-corrected chi connectivity index (χ2v) is 5.69. The Morgan fingerprint density at radius 2 is 1.84 bits per heavy atom. The summed E-state index contributed by atoms with van der Waals surface area (Å²) in [4.78, 5) is 13.7. The highest BCUT2D eigenvalue weighted by atomic mass is 35.5. The smallest absolute Gasteiger partial charge is 0.342 e. The topological polar surface area (TPSA) is 67.6 Å². The Labute approximate surface area is 164 Å². The number of aryl methyl sites for hydroxylation is 1. The minimum atomic E-state index is -0.308. The van der Waals surface area contributed by atoms with E-state index in [1.165, 1.54) is 10.5 Å². The van der Waals surface area contributed by atoms with Crippen LogP contribution >= 0.6 is 0 Å². The number of rotatable bonds is 11. The lowest BCUT2D eigenvalue weighted by Crippen LogP contribution is -3.11. The van der Waals surface area contributed by atoms with Crippen LogP contribution in [0, 0.1) is 0 Å². The van der Waals surface area contributed by atoms with Crippen molar-refractivity contribution in [3.8, 4) is 5.75 Å². The third-order valence-electron chi connectivity index (χ3n) is 4.14. The van der Waals surface area contributed by atoms with E-state index in [2.05, 4.69) is 19.6 Å². The van der Waals surface area contributed by atoms with Crippen molar-refractivity contribution in [1.29, 1.82) is 0 Å². The molecule has 146 valence electrons. The highest BCUT2D eigenvalue weighted by Gasteiger charge is 2.15. The van der Waals surface area contributed by atoms with E-state index >= 15 is 0 Å². The van der Waals surface area contributed by atoms with Crippen LogP contribution in [0.5, 0.6) is 5.75 Å². The first kappa shape index (κ1) is 26.2. The molecule has 0 atom stereocenters. The van der Waals surface area contributed by atoms with Gasteiger partial charge in [0.1, 0.15) is 24.5 Å². The fourth-order valence-electron chi connectivity index (χ4n) is 2.54. The van der Waals surface area contributed by atoms with Gasteiger partial charge < -0.3 is 44.9 Å². The molecule has 0 radical (unpaired) electrons. The highest BCUT2D eigenvalue weighted by Crippen LogP contribution is 2.22. The van der Waals surface area contributed by atoms with Gasteiger partial charge in [0.2, 0.25) is 0 Å². The van der Waals surface area contributed by atoms with Gasteiger partial charge in [0.05, 0.1) is 26.7 Å². The second-order valence-electron chi connectivity index (χ2n) is 5.69. The first-order valence-electron chi connectivity index (χ1n) is 8.63. The van der Waals surface area contributed by atoms with E-state index in [1.807, 2.05) is 18.2 Å². The number of nitrogens with one attached hydrogen (secondary N) is 1. The van der Waals surface area contributed by atoms with Crippen LogP contribution in [0.1, 0.15) is 42.6 Å². The van der Waals surface area contributed by atoms with Crippen LogP contribution in [0.3, 0.4) is 0 Å². The molecule has 1 aromatic carbocycles. The summed E-state index contributed by atoms with van der Waals surface area (Å²) >= 11 is 0. The Hall–Kier alpha value is -1.01. The van der Waals surface area contributed by atoms with Crippen LogP contribution in [0.15, 0.2) is 18.2 Å². The summed E-state index contributed by atoms with van der Waals surface area (Å²) in [5, 5.41) is 0. The predicted molar refractivity (Wildman–Crippen MR) is 90.9 cm³/mol. The molecule has 0 saturated carbocycles. The van der Waals surface area contributed by atoms with Gasteiger partial charge in [-0.2, -0.15) is 0 Å². The number of methoxy groups -OCH3 is 1. The molecule has 0 aliphatic rings. The Morgan fingerprint density at radius 1 is 1.16 bits per heavy atom. The van der Waals surface area contributed by atoms with Crippen molar-refractivity contribution in [3.05, 3.63) is 29.3 Å². The van der Waals surface area contributed by atoms with Crippen molar-refractivity contribution < 1.29 is 49.7 Å². The molecular weight excluding hydrogens is 363 g/mol. The van der Waals surface area contributed by atoms with Gasteiger partial charge in [0.25, 0.3) is 0 Å². The van der Waals surface area contributed by atoms with Crippen LogP contribution in [-0.4, -0.2) is 45.9 Å². The number of quaternary nitrogens is 2. The van der Waals surface area contributed by atoms with E-state index in [0.717, 1.165) is 45.4 Å². The quantitative estimate of drug-likeness (QED) is 0.290. The van der Waals surface area contributed by atoms with Gasteiger partial charge in [-0.3, -0.25) is 0 Å². The minimum Gasteiger partial charge on any atom is -1.00 e. The average molecular weight is 395 g/mol. The fraction of sp³-hybridized carbons (Fsp3) is 0.611. The maximum absolute atomic E-state index is 12.2. The van der Waals surface area contributed by atoms with E-state index in [1.54, 1.807) is 7.11 Å². The van der Waals surface area contributed by atoms with Crippen LogP contribution < -0.4 is 40.2 Å². The molecule has 0 aliphatic carbocycles. The van der Waals surface area contributed by atoms with Gasteiger partial charge in [-0.1, -0.05) is 6.07 Å². The molecule has 1 rings (SSSR count). The molecule has 0 aliphatic heterocycles. The molecular formula is C18H32Cl2N2O3. The maximum Gasteiger partial charge on any atom is 0.342 e. The largest absolute Gasteiger partial charge is 1.00 e. The third-order valence-corrected chi connectivity index (χ3v) is 4.14. The summed E-state index contributed by atoms with van der Waals surface area (Å²) < 4.78 is 10.8. The van der Waals surface area contributed by atoms with Gasteiger partial charge in [0, 0.05) is 0 Å². The Balaban J connectivity index is 0. The Morgan fingerprint density at radius 3 is 2.40 bits per heavy atom. The number of benzene rings is 1. The lowest BCUT2D eigenvalue weighted by Gasteiger charge is -2.15. The molecule has 0 saturated heterocycles. The number of carbonyl (C=O) groups is 1. The van der Waals surface area contributed by atoms with Crippen molar-refractivity contribution in [3.63, 3.8) is 0 Å².